The Hall–Kier alpha value is -3.89. The Labute approximate surface area is 178 Å². The fraction of sp³-hybridized carbons (Fsp3) is 0.238. The Kier molecular flexibility index (Phi) is 5.33. The molecule has 3 aromatic rings. The third-order valence-electron chi connectivity index (χ3n) is 5.23. The molecule has 1 aliphatic heterocycles. The van der Waals surface area contributed by atoms with Gasteiger partial charge in [0.1, 0.15) is 6.04 Å². The highest BCUT2D eigenvalue weighted by Crippen LogP contribution is 2.33. The number of carbonyl (C=O) groups is 3. The Balaban J connectivity index is 1.63. The monoisotopic (exact) mass is 446 g/mol. The van der Waals surface area contributed by atoms with Gasteiger partial charge in [-0.05, 0) is 30.2 Å². The number of nitrogens with zero attached hydrogens (tertiary/aromatic N) is 1. The second kappa shape index (κ2) is 7.98. The Morgan fingerprint density at radius 1 is 1.09 bits per heavy atom. The van der Waals surface area contributed by atoms with Gasteiger partial charge in [-0.2, -0.15) is 13.2 Å². The van der Waals surface area contributed by atoms with Gasteiger partial charge in [0.25, 0.3) is 17.4 Å². The maximum Gasteiger partial charge on any atom is 0.412 e. The van der Waals surface area contributed by atoms with Crippen LogP contribution in [-0.4, -0.2) is 33.7 Å². The topological polar surface area (TPSA) is 113 Å². The van der Waals surface area contributed by atoms with E-state index in [1.54, 1.807) is 6.07 Å². The molecule has 0 saturated carbocycles. The van der Waals surface area contributed by atoms with E-state index in [1.807, 2.05) is 5.32 Å². The van der Waals surface area contributed by atoms with Gasteiger partial charge in [0.15, 0.2) is 6.04 Å². The zero-order valence-electron chi connectivity index (χ0n) is 16.4. The van der Waals surface area contributed by atoms with E-state index in [1.165, 1.54) is 42.5 Å². The van der Waals surface area contributed by atoms with E-state index in [4.69, 9.17) is 0 Å². The van der Waals surface area contributed by atoms with Crippen molar-refractivity contribution in [3.05, 3.63) is 70.0 Å². The highest BCUT2D eigenvalue weighted by atomic mass is 19.4. The molecule has 166 valence electrons. The summed E-state index contributed by atoms with van der Waals surface area (Å²) in [6, 6.07) is 7.61. The lowest BCUT2D eigenvalue weighted by molar-refractivity contribution is -0.155. The summed E-state index contributed by atoms with van der Waals surface area (Å²) in [7, 11) is 0. The van der Waals surface area contributed by atoms with Gasteiger partial charge in [-0.3, -0.25) is 29.6 Å². The molecule has 0 bridgehead atoms. The van der Waals surface area contributed by atoms with E-state index in [9.17, 15) is 32.3 Å². The summed E-state index contributed by atoms with van der Waals surface area (Å²) in [4.78, 5) is 48.6. The summed E-state index contributed by atoms with van der Waals surface area (Å²) in [6.07, 6.45) is -4.54. The number of H-pyrrole nitrogens is 1. The molecular weight excluding hydrogens is 429 g/mol. The number of imide groups is 1. The number of carbonyl (C=O) groups excluding carboxylic acids is 3. The molecule has 32 heavy (non-hydrogen) atoms. The predicted molar refractivity (Wildman–Crippen MR) is 107 cm³/mol. The number of amides is 3. The fourth-order valence-corrected chi connectivity index (χ4v) is 3.64. The average molecular weight is 446 g/mol. The van der Waals surface area contributed by atoms with Crippen molar-refractivity contribution in [2.75, 3.05) is 0 Å². The summed E-state index contributed by atoms with van der Waals surface area (Å²) in [5, 5.41) is 7.01. The van der Waals surface area contributed by atoms with Crippen LogP contribution in [0.15, 0.2) is 53.3 Å². The summed E-state index contributed by atoms with van der Waals surface area (Å²) >= 11 is 0. The van der Waals surface area contributed by atoms with Crippen LogP contribution in [0.3, 0.4) is 0 Å². The first-order valence-electron chi connectivity index (χ1n) is 9.65. The van der Waals surface area contributed by atoms with Crippen LogP contribution in [-0.2, 0) is 9.59 Å². The average Bonchev–Trinajstić information content (AvgIpc) is 3.07. The lowest BCUT2D eigenvalue weighted by Crippen LogP contribution is -2.44. The van der Waals surface area contributed by atoms with Gasteiger partial charge >= 0.3 is 6.18 Å². The van der Waals surface area contributed by atoms with Gasteiger partial charge in [0, 0.05) is 12.0 Å². The zero-order chi connectivity index (χ0) is 23.0. The molecule has 8 nitrogen and oxygen atoms in total. The molecule has 3 amide bonds. The van der Waals surface area contributed by atoms with E-state index < -0.39 is 41.5 Å². The van der Waals surface area contributed by atoms with Crippen LogP contribution in [0, 0.1) is 0 Å². The van der Waals surface area contributed by atoms with Crippen LogP contribution < -0.4 is 16.2 Å². The van der Waals surface area contributed by atoms with Crippen LogP contribution in [0.25, 0.3) is 10.9 Å². The first kappa shape index (κ1) is 21.3. The normalized spacial score (nSPS) is 17.8. The molecule has 3 N–H and O–H groups in total. The standard InChI is InChI=1S/C21H17F3N4O4/c22-21(23,24)17(11-4-2-1-3-5-11)26-18(30)12-6-7-13-14(10-12)27-28(20(13)32)15-8-9-16(29)25-19(15)31/h1-7,10,15,17,27H,8-9H2,(H,26,30)(H,25,29,31)/t15?,17-/m1/s1. The van der Waals surface area contributed by atoms with E-state index in [2.05, 4.69) is 10.4 Å². The molecular formula is C21H17F3N4O4. The maximum atomic E-state index is 13.5. The smallest absolute Gasteiger partial charge is 0.337 e. The molecule has 1 saturated heterocycles. The van der Waals surface area contributed by atoms with Crippen molar-refractivity contribution in [2.45, 2.75) is 31.1 Å². The molecule has 1 aromatic heterocycles. The van der Waals surface area contributed by atoms with Gasteiger partial charge in [0.2, 0.25) is 5.91 Å². The van der Waals surface area contributed by atoms with Gasteiger partial charge in [-0.15, -0.1) is 0 Å². The van der Waals surface area contributed by atoms with Crippen molar-refractivity contribution in [3.63, 3.8) is 0 Å². The first-order valence-corrected chi connectivity index (χ1v) is 9.65. The van der Waals surface area contributed by atoms with Crippen molar-refractivity contribution in [1.82, 2.24) is 20.4 Å². The van der Waals surface area contributed by atoms with Gasteiger partial charge in [-0.25, -0.2) is 4.68 Å². The number of hydrogen-bond donors (Lipinski definition) is 3. The second-order valence-corrected chi connectivity index (χ2v) is 7.37. The second-order valence-electron chi connectivity index (χ2n) is 7.37. The number of benzene rings is 2. The van der Waals surface area contributed by atoms with E-state index in [-0.39, 0.29) is 34.9 Å². The van der Waals surface area contributed by atoms with Gasteiger partial charge < -0.3 is 5.32 Å². The molecule has 2 atom stereocenters. The van der Waals surface area contributed by atoms with Crippen molar-refractivity contribution < 1.29 is 27.6 Å². The molecule has 0 aliphatic carbocycles. The van der Waals surface area contributed by atoms with Crippen molar-refractivity contribution >= 4 is 28.6 Å². The number of alkyl halides is 3. The summed E-state index contributed by atoms with van der Waals surface area (Å²) in [6.45, 7) is 0. The number of hydrogen-bond acceptors (Lipinski definition) is 4. The van der Waals surface area contributed by atoms with Gasteiger partial charge in [-0.1, -0.05) is 30.3 Å². The third-order valence-corrected chi connectivity index (χ3v) is 5.23. The van der Waals surface area contributed by atoms with Crippen LogP contribution in [0.4, 0.5) is 13.2 Å². The number of aromatic amines is 1. The quantitative estimate of drug-likeness (QED) is 0.534. The highest BCUT2D eigenvalue weighted by Gasteiger charge is 2.42. The van der Waals surface area contributed by atoms with Gasteiger partial charge in [0.05, 0.1) is 10.9 Å². The Morgan fingerprint density at radius 3 is 2.47 bits per heavy atom. The minimum absolute atomic E-state index is 0.0597. The number of rotatable bonds is 4. The molecule has 1 aliphatic rings. The molecule has 2 aromatic carbocycles. The van der Waals surface area contributed by atoms with E-state index in [0.29, 0.717) is 0 Å². The number of aromatic nitrogens is 2. The molecule has 0 spiro atoms. The molecule has 1 unspecified atom stereocenters. The lowest BCUT2D eigenvalue weighted by Gasteiger charge is -2.22. The molecule has 4 rings (SSSR count). The first-order chi connectivity index (χ1) is 15.1. The van der Waals surface area contributed by atoms with E-state index in [0.717, 1.165) is 4.68 Å². The number of nitrogens with one attached hydrogen (secondary N) is 3. The lowest BCUT2D eigenvalue weighted by atomic mass is 10.1. The van der Waals surface area contributed by atoms with Crippen LogP contribution in [0.2, 0.25) is 0 Å². The SMILES string of the molecule is O=C1CCC(n2[nH]c3cc(C(=O)N[C@H](c4ccccc4)C(F)(F)F)ccc3c2=O)C(=O)N1. The summed E-state index contributed by atoms with van der Waals surface area (Å²) in [5.41, 5.74) is -0.583. The fourth-order valence-electron chi connectivity index (χ4n) is 3.64. The highest BCUT2D eigenvalue weighted by molar-refractivity contribution is 6.00. The van der Waals surface area contributed by atoms with Crippen molar-refractivity contribution in [1.29, 1.82) is 0 Å². The summed E-state index contributed by atoms with van der Waals surface area (Å²) in [5.74, 6) is -2.05. The number of fused-ring (bicyclic) bond motifs is 1. The molecule has 2 heterocycles. The van der Waals surface area contributed by atoms with Crippen molar-refractivity contribution in [3.8, 4) is 0 Å². The van der Waals surface area contributed by atoms with Crippen LogP contribution in [0.1, 0.15) is 40.8 Å². The minimum Gasteiger partial charge on any atom is -0.337 e. The Bertz CT molecular complexity index is 1260. The molecule has 1 fully saturated rings. The number of halogens is 3. The number of piperidine rings is 1. The zero-order valence-corrected chi connectivity index (χ0v) is 16.4. The Morgan fingerprint density at radius 2 is 1.81 bits per heavy atom. The largest absolute Gasteiger partial charge is 0.412 e. The van der Waals surface area contributed by atoms with Crippen LogP contribution in [0.5, 0.6) is 0 Å². The maximum absolute atomic E-state index is 13.5. The van der Waals surface area contributed by atoms with Crippen LogP contribution >= 0.6 is 0 Å². The third kappa shape index (κ3) is 4.01. The minimum atomic E-state index is -4.72. The summed E-state index contributed by atoms with van der Waals surface area (Å²) < 4.78 is 41.7. The van der Waals surface area contributed by atoms with E-state index >= 15 is 0 Å². The van der Waals surface area contributed by atoms with Crippen molar-refractivity contribution in [2.24, 2.45) is 0 Å². The molecule has 11 heteroatoms. The predicted octanol–water partition coefficient (Wildman–Crippen LogP) is 2.34. The molecule has 0 radical (unpaired) electrons.